The summed E-state index contributed by atoms with van der Waals surface area (Å²) < 4.78 is 29.6. The van der Waals surface area contributed by atoms with Crippen molar-refractivity contribution in [3.05, 3.63) is 92.9 Å². The van der Waals surface area contributed by atoms with Gasteiger partial charge in [0.15, 0.2) is 0 Å². The Bertz CT molecular complexity index is 1380. The van der Waals surface area contributed by atoms with Gasteiger partial charge >= 0.3 is 0 Å². The Labute approximate surface area is 231 Å². The third-order valence-corrected chi connectivity index (χ3v) is 8.79. The first-order chi connectivity index (χ1) is 17.4. The fraction of sp³-hybridized carbons (Fsp3) is 0.259. The molecule has 0 heterocycles. The molecule has 0 unspecified atom stereocenters. The van der Waals surface area contributed by atoms with E-state index in [4.69, 9.17) is 11.6 Å². The highest BCUT2D eigenvalue weighted by Gasteiger charge is 2.33. The van der Waals surface area contributed by atoms with E-state index in [1.165, 1.54) is 24.1 Å². The van der Waals surface area contributed by atoms with Gasteiger partial charge in [0.25, 0.3) is 10.0 Å². The molecule has 0 aliphatic heterocycles. The van der Waals surface area contributed by atoms with Gasteiger partial charge in [0, 0.05) is 23.1 Å². The van der Waals surface area contributed by atoms with E-state index >= 15 is 0 Å². The van der Waals surface area contributed by atoms with Crippen LogP contribution in [-0.4, -0.2) is 44.8 Å². The predicted octanol–water partition coefficient (Wildman–Crippen LogP) is 5.08. The van der Waals surface area contributed by atoms with Crippen molar-refractivity contribution in [2.45, 2.75) is 38.3 Å². The molecule has 0 radical (unpaired) electrons. The summed E-state index contributed by atoms with van der Waals surface area (Å²) in [5, 5.41) is 2.94. The molecule has 0 aliphatic carbocycles. The van der Waals surface area contributed by atoms with Crippen LogP contribution in [-0.2, 0) is 26.2 Å². The third kappa shape index (κ3) is 6.71. The van der Waals surface area contributed by atoms with E-state index in [-0.39, 0.29) is 23.0 Å². The third-order valence-electron chi connectivity index (χ3n) is 6.08. The highest BCUT2D eigenvalue weighted by atomic mass is 79.9. The molecule has 0 aromatic heterocycles. The van der Waals surface area contributed by atoms with E-state index in [2.05, 4.69) is 21.2 Å². The van der Waals surface area contributed by atoms with Crippen molar-refractivity contribution in [1.82, 2.24) is 10.2 Å². The van der Waals surface area contributed by atoms with Gasteiger partial charge in [-0.15, -0.1) is 0 Å². The molecule has 37 heavy (non-hydrogen) atoms. The van der Waals surface area contributed by atoms with Crippen LogP contribution < -0.4 is 9.62 Å². The first-order valence-electron chi connectivity index (χ1n) is 11.6. The number of anilines is 1. The zero-order chi connectivity index (χ0) is 27.3. The minimum atomic E-state index is -4.15. The van der Waals surface area contributed by atoms with Crippen molar-refractivity contribution in [1.29, 1.82) is 0 Å². The number of sulfonamides is 1. The van der Waals surface area contributed by atoms with Gasteiger partial charge in [0.05, 0.1) is 10.6 Å². The minimum Gasteiger partial charge on any atom is -0.357 e. The summed E-state index contributed by atoms with van der Waals surface area (Å²) in [5.74, 6) is -0.897. The number of nitrogens with one attached hydrogen (secondary N) is 1. The van der Waals surface area contributed by atoms with Gasteiger partial charge in [0.2, 0.25) is 11.8 Å². The molecule has 0 aliphatic rings. The zero-order valence-electron chi connectivity index (χ0n) is 21.0. The van der Waals surface area contributed by atoms with Crippen molar-refractivity contribution in [3.63, 3.8) is 0 Å². The Hall–Kier alpha value is -2.88. The van der Waals surface area contributed by atoms with Crippen molar-refractivity contribution in [2.75, 3.05) is 17.9 Å². The lowest BCUT2D eigenvalue weighted by Gasteiger charge is -2.32. The number of halogens is 2. The molecule has 0 saturated heterocycles. The number of carbonyl (C=O) groups excluding carboxylic acids is 2. The second kappa shape index (κ2) is 12.1. The summed E-state index contributed by atoms with van der Waals surface area (Å²) in [6, 6.07) is 17.8. The summed E-state index contributed by atoms with van der Waals surface area (Å²) in [5.41, 5.74) is 2.50. The molecule has 0 saturated carbocycles. The minimum absolute atomic E-state index is 0.0454. The van der Waals surface area contributed by atoms with Crippen molar-refractivity contribution in [2.24, 2.45) is 0 Å². The molecule has 3 rings (SSSR count). The fourth-order valence-electron chi connectivity index (χ4n) is 3.80. The van der Waals surface area contributed by atoms with Gasteiger partial charge in [-0.2, -0.15) is 0 Å². The van der Waals surface area contributed by atoms with Gasteiger partial charge in [0.1, 0.15) is 12.6 Å². The smallest absolute Gasteiger partial charge is 0.264 e. The van der Waals surface area contributed by atoms with E-state index in [0.717, 1.165) is 19.9 Å². The second-order valence-electron chi connectivity index (χ2n) is 8.65. The molecule has 10 heteroatoms. The van der Waals surface area contributed by atoms with E-state index in [9.17, 15) is 18.0 Å². The lowest BCUT2D eigenvalue weighted by atomic mass is 10.1. The summed E-state index contributed by atoms with van der Waals surface area (Å²) in [4.78, 5) is 27.8. The van der Waals surface area contributed by atoms with Crippen LogP contribution in [0, 0.1) is 13.8 Å². The molecule has 0 bridgehead atoms. The number of rotatable bonds is 9. The number of carbonyl (C=O) groups is 2. The number of amides is 2. The van der Waals surface area contributed by atoms with Gasteiger partial charge < -0.3 is 10.2 Å². The molecule has 7 nitrogen and oxygen atoms in total. The predicted molar refractivity (Wildman–Crippen MR) is 150 cm³/mol. The van der Waals surface area contributed by atoms with Crippen LogP contribution in [0.25, 0.3) is 0 Å². The van der Waals surface area contributed by atoms with Crippen LogP contribution in [0.1, 0.15) is 23.6 Å². The van der Waals surface area contributed by atoms with E-state index < -0.39 is 28.5 Å². The number of benzene rings is 3. The molecule has 1 N–H and O–H groups in total. The maximum atomic E-state index is 13.8. The van der Waals surface area contributed by atoms with Crippen LogP contribution in [0.4, 0.5) is 5.69 Å². The summed E-state index contributed by atoms with van der Waals surface area (Å²) in [6.07, 6.45) is 0. The molecule has 0 spiro atoms. The van der Waals surface area contributed by atoms with Crippen LogP contribution in [0.5, 0.6) is 0 Å². The van der Waals surface area contributed by atoms with Crippen molar-refractivity contribution < 1.29 is 18.0 Å². The standard InChI is InChI=1S/C27H29BrClN3O4S/c1-18-8-14-23(15-9-18)37(35,36)32(25-7-5-6-24(29)19(25)2)17-26(33)31(20(3)27(34)30-4)16-21-10-12-22(28)13-11-21/h5-15,20H,16-17H2,1-4H3,(H,30,34)/t20-/m1/s1. The van der Waals surface area contributed by atoms with Gasteiger partial charge in [-0.05, 0) is 68.3 Å². The van der Waals surface area contributed by atoms with Crippen molar-refractivity contribution >= 4 is 55.1 Å². The number of likely N-dealkylation sites (N-methyl/N-ethyl adjacent to an activating group) is 1. The Balaban J connectivity index is 2.07. The molecular formula is C27H29BrClN3O4S. The number of hydrogen-bond acceptors (Lipinski definition) is 4. The summed E-state index contributed by atoms with van der Waals surface area (Å²) in [7, 11) is -2.66. The first kappa shape index (κ1) is 28.7. The molecule has 1 atom stereocenters. The Morgan fingerprint density at radius 1 is 1.00 bits per heavy atom. The average Bonchev–Trinajstić information content (AvgIpc) is 2.88. The van der Waals surface area contributed by atoms with Crippen molar-refractivity contribution in [3.8, 4) is 0 Å². The largest absolute Gasteiger partial charge is 0.357 e. The maximum absolute atomic E-state index is 13.8. The lowest BCUT2D eigenvalue weighted by molar-refractivity contribution is -0.139. The Kier molecular flexibility index (Phi) is 9.39. The number of nitrogens with zero attached hydrogens (tertiary/aromatic N) is 2. The topological polar surface area (TPSA) is 86.8 Å². The highest BCUT2D eigenvalue weighted by Crippen LogP contribution is 2.31. The normalized spacial score (nSPS) is 12.1. The van der Waals surface area contributed by atoms with Gasteiger partial charge in [-0.25, -0.2) is 8.42 Å². The highest BCUT2D eigenvalue weighted by molar-refractivity contribution is 9.10. The summed E-state index contributed by atoms with van der Waals surface area (Å²) in [6.45, 7) is 4.77. The molecule has 196 valence electrons. The second-order valence-corrected chi connectivity index (χ2v) is 11.8. The average molecular weight is 607 g/mol. The number of hydrogen-bond donors (Lipinski definition) is 1. The Morgan fingerprint density at radius 2 is 1.62 bits per heavy atom. The van der Waals surface area contributed by atoms with E-state index in [1.807, 2.05) is 31.2 Å². The van der Waals surface area contributed by atoms with Crippen LogP contribution in [0.2, 0.25) is 5.02 Å². The molecule has 3 aromatic carbocycles. The van der Waals surface area contributed by atoms with Crippen LogP contribution >= 0.6 is 27.5 Å². The summed E-state index contributed by atoms with van der Waals surface area (Å²) >= 11 is 9.73. The molecule has 0 fully saturated rings. The maximum Gasteiger partial charge on any atom is 0.264 e. The van der Waals surface area contributed by atoms with E-state index in [1.54, 1.807) is 44.2 Å². The molecule has 2 amide bonds. The van der Waals surface area contributed by atoms with Gasteiger partial charge in [-0.1, -0.05) is 63.4 Å². The number of aryl methyl sites for hydroxylation is 1. The zero-order valence-corrected chi connectivity index (χ0v) is 24.2. The first-order valence-corrected chi connectivity index (χ1v) is 14.2. The monoisotopic (exact) mass is 605 g/mol. The molecule has 3 aromatic rings. The molecular weight excluding hydrogens is 578 g/mol. The quantitative estimate of drug-likeness (QED) is 0.368. The van der Waals surface area contributed by atoms with Crippen LogP contribution in [0.15, 0.2) is 76.1 Å². The van der Waals surface area contributed by atoms with Crippen LogP contribution in [0.3, 0.4) is 0 Å². The van der Waals surface area contributed by atoms with E-state index in [0.29, 0.717) is 10.6 Å². The van der Waals surface area contributed by atoms with Gasteiger partial charge in [-0.3, -0.25) is 13.9 Å². The fourth-order valence-corrected chi connectivity index (χ4v) is 5.70. The SMILES string of the molecule is CNC(=O)[C@@H](C)N(Cc1ccc(Br)cc1)C(=O)CN(c1cccc(Cl)c1C)S(=O)(=O)c1ccc(C)cc1. The lowest BCUT2D eigenvalue weighted by Crippen LogP contribution is -2.50. The Morgan fingerprint density at radius 3 is 2.22 bits per heavy atom.